The molecule has 1 aliphatic rings. The zero-order valence-corrected chi connectivity index (χ0v) is 14.6. The Morgan fingerprint density at radius 1 is 0.808 bits per heavy atom. The smallest absolute Gasteiger partial charge is 0.231 e. The molecule has 3 aromatic rings. The second-order valence-corrected chi connectivity index (χ2v) is 6.86. The van der Waals surface area contributed by atoms with Gasteiger partial charge in [-0.05, 0) is 34.2 Å². The lowest BCUT2D eigenvalue weighted by molar-refractivity contribution is -0.117. The van der Waals surface area contributed by atoms with Crippen LogP contribution in [0.5, 0.6) is 0 Å². The first kappa shape index (κ1) is 16.6. The molecule has 3 heteroatoms. The van der Waals surface area contributed by atoms with Crippen LogP contribution in [-0.4, -0.2) is 18.5 Å². The molecule has 1 fully saturated rings. The van der Waals surface area contributed by atoms with Gasteiger partial charge in [0.15, 0.2) is 0 Å². The minimum atomic E-state index is -0.301. The van der Waals surface area contributed by atoms with Gasteiger partial charge in [-0.3, -0.25) is 4.79 Å². The van der Waals surface area contributed by atoms with E-state index in [0.29, 0.717) is 12.0 Å². The summed E-state index contributed by atoms with van der Waals surface area (Å²) in [5.74, 6) is 0.189. The van der Waals surface area contributed by atoms with E-state index in [-0.39, 0.29) is 12.5 Å². The molecule has 4 rings (SSSR count). The highest BCUT2D eigenvalue weighted by Crippen LogP contribution is 2.41. The van der Waals surface area contributed by atoms with Crippen LogP contribution in [0.4, 0.5) is 0 Å². The topological polar surface area (TPSA) is 55.1 Å². The van der Waals surface area contributed by atoms with Gasteiger partial charge in [-0.15, -0.1) is 0 Å². The second kappa shape index (κ2) is 7.14. The standard InChI is InChI=1S/C23H22N2O/c24-23(26)15-25-22-14-21(22)20-12-10-19(11-13-20)18-8-6-17(7-9-18)16-4-2-1-3-5-16/h1-13,21-22,25H,14-15H2,(H2,24,26)/t21?,22-/m0/s1. The molecule has 1 saturated carbocycles. The van der Waals surface area contributed by atoms with Crippen LogP contribution in [-0.2, 0) is 4.79 Å². The van der Waals surface area contributed by atoms with Crippen LogP contribution in [0.2, 0.25) is 0 Å². The highest BCUT2D eigenvalue weighted by Gasteiger charge is 2.37. The molecule has 0 radical (unpaired) electrons. The number of nitrogens with two attached hydrogens (primary N) is 1. The van der Waals surface area contributed by atoms with Gasteiger partial charge in [-0.25, -0.2) is 0 Å². The molecular weight excluding hydrogens is 320 g/mol. The normalized spacial score (nSPS) is 18.5. The van der Waals surface area contributed by atoms with E-state index in [1.807, 2.05) is 6.07 Å². The van der Waals surface area contributed by atoms with Gasteiger partial charge in [0.25, 0.3) is 0 Å². The second-order valence-electron chi connectivity index (χ2n) is 6.86. The molecular formula is C23H22N2O. The Balaban J connectivity index is 1.43. The summed E-state index contributed by atoms with van der Waals surface area (Å²) in [5, 5.41) is 3.20. The fourth-order valence-corrected chi connectivity index (χ4v) is 3.43. The van der Waals surface area contributed by atoms with Crippen LogP contribution < -0.4 is 11.1 Å². The highest BCUT2D eigenvalue weighted by atomic mass is 16.1. The lowest BCUT2D eigenvalue weighted by Gasteiger charge is -2.07. The summed E-state index contributed by atoms with van der Waals surface area (Å²) in [7, 11) is 0. The van der Waals surface area contributed by atoms with E-state index < -0.39 is 0 Å². The molecule has 2 atom stereocenters. The van der Waals surface area contributed by atoms with Crippen molar-refractivity contribution in [2.75, 3.05) is 6.54 Å². The Morgan fingerprint density at radius 3 is 1.85 bits per heavy atom. The van der Waals surface area contributed by atoms with Crippen molar-refractivity contribution in [1.29, 1.82) is 0 Å². The van der Waals surface area contributed by atoms with E-state index in [0.717, 1.165) is 6.42 Å². The molecule has 1 amide bonds. The largest absolute Gasteiger partial charge is 0.369 e. The molecule has 1 unspecified atom stereocenters. The number of primary amides is 1. The van der Waals surface area contributed by atoms with E-state index in [1.165, 1.54) is 27.8 Å². The molecule has 0 aliphatic heterocycles. The van der Waals surface area contributed by atoms with Gasteiger partial charge in [0, 0.05) is 12.0 Å². The molecule has 0 spiro atoms. The number of hydrogen-bond donors (Lipinski definition) is 2. The van der Waals surface area contributed by atoms with Gasteiger partial charge in [-0.1, -0.05) is 78.9 Å². The minimum absolute atomic E-state index is 0.257. The van der Waals surface area contributed by atoms with E-state index in [1.54, 1.807) is 0 Å². The third-order valence-electron chi connectivity index (χ3n) is 4.99. The van der Waals surface area contributed by atoms with Gasteiger partial charge >= 0.3 is 0 Å². The average molecular weight is 342 g/mol. The average Bonchev–Trinajstić information content (AvgIpc) is 3.47. The predicted octanol–water partition coefficient (Wildman–Crippen LogP) is 3.95. The fourth-order valence-electron chi connectivity index (χ4n) is 3.43. The van der Waals surface area contributed by atoms with E-state index in [4.69, 9.17) is 5.73 Å². The van der Waals surface area contributed by atoms with Gasteiger partial charge < -0.3 is 11.1 Å². The molecule has 3 aromatic carbocycles. The maximum atomic E-state index is 10.9. The molecule has 0 aromatic heterocycles. The first-order chi connectivity index (χ1) is 12.7. The van der Waals surface area contributed by atoms with Crippen LogP contribution in [0.3, 0.4) is 0 Å². The molecule has 1 aliphatic carbocycles. The van der Waals surface area contributed by atoms with Crippen molar-refractivity contribution in [1.82, 2.24) is 5.32 Å². The predicted molar refractivity (Wildman–Crippen MR) is 106 cm³/mol. The molecule has 0 saturated heterocycles. The minimum Gasteiger partial charge on any atom is -0.369 e. The lowest BCUT2D eigenvalue weighted by atomic mass is 9.99. The van der Waals surface area contributed by atoms with Crippen molar-refractivity contribution in [2.24, 2.45) is 5.73 Å². The first-order valence-electron chi connectivity index (χ1n) is 8.98. The van der Waals surface area contributed by atoms with Crippen molar-refractivity contribution in [2.45, 2.75) is 18.4 Å². The number of amides is 1. The summed E-state index contributed by atoms with van der Waals surface area (Å²) in [5.41, 5.74) is 11.4. The Labute approximate surface area is 153 Å². The monoisotopic (exact) mass is 342 g/mol. The molecule has 3 N–H and O–H groups in total. The maximum absolute atomic E-state index is 10.9. The number of rotatable bonds is 6. The van der Waals surface area contributed by atoms with Crippen LogP contribution in [0.25, 0.3) is 22.3 Å². The van der Waals surface area contributed by atoms with Crippen LogP contribution in [0.1, 0.15) is 17.9 Å². The van der Waals surface area contributed by atoms with Gasteiger partial charge in [-0.2, -0.15) is 0 Å². The zero-order chi connectivity index (χ0) is 17.9. The molecule has 0 heterocycles. The van der Waals surface area contributed by atoms with Gasteiger partial charge in [0.1, 0.15) is 0 Å². The number of nitrogens with one attached hydrogen (secondary N) is 1. The van der Waals surface area contributed by atoms with Crippen molar-refractivity contribution < 1.29 is 4.79 Å². The lowest BCUT2D eigenvalue weighted by Crippen LogP contribution is -2.30. The van der Waals surface area contributed by atoms with Gasteiger partial charge in [0.05, 0.1) is 6.54 Å². The SMILES string of the molecule is NC(=O)CN[C@H]1CC1c1ccc(-c2ccc(-c3ccccc3)cc2)cc1. The van der Waals surface area contributed by atoms with Crippen molar-refractivity contribution in [3.8, 4) is 22.3 Å². The van der Waals surface area contributed by atoms with Crippen molar-refractivity contribution in [3.63, 3.8) is 0 Å². The third-order valence-corrected chi connectivity index (χ3v) is 4.99. The quantitative estimate of drug-likeness (QED) is 0.712. The van der Waals surface area contributed by atoms with Gasteiger partial charge in [0.2, 0.25) is 5.91 Å². The van der Waals surface area contributed by atoms with E-state index in [9.17, 15) is 4.79 Å². The van der Waals surface area contributed by atoms with Crippen LogP contribution >= 0.6 is 0 Å². The molecule has 26 heavy (non-hydrogen) atoms. The Morgan fingerprint density at radius 2 is 1.31 bits per heavy atom. The molecule has 130 valence electrons. The Bertz CT molecular complexity index is 886. The maximum Gasteiger partial charge on any atom is 0.231 e. The number of carbonyl (C=O) groups excluding carboxylic acids is 1. The fraction of sp³-hybridized carbons (Fsp3) is 0.174. The van der Waals surface area contributed by atoms with Crippen molar-refractivity contribution >= 4 is 5.91 Å². The third kappa shape index (κ3) is 3.68. The summed E-state index contributed by atoms with van der Waals surface area (Å²) in [6, 6.07) is 28.2. The zero-order valence-electron chi connectivity index (χ0n) is 14.6. The first-order valence-corrected chi connectivity index (χ1v) is 8.98. The Kier molecular flexibility index (Phi) is 4.55. The highest BCUT2D eigenvalue weighted by molar-refractivity contribution is 5.76. The molecule has 3 nitrogen and oxygen atoms in total. The number of carbonyl (C=O) groups is 1. The number of benzene rings is 3. The van der Waals surface area contributed by atoms with E-state index in [2.05, 4.69) is 78.1 Å². The van der Waals surface area contributed by atoms with E-state index >= 15 is 0 Å². The van der Waals surface area contributed by atoms with Crippen LogP contribution in [0, 0.1) is 0 Å². The van der Waals surface area contributed by atoms with Crippen molar-refractivity contribution in [3.05, 3.63) is 84.4 Å². The summed E-state index contributed by atoms with van der Waals surface area (Å²) in [6.07, 6.45) is 1.07. The Hall–Kier alpha value is -2.91. The summed E-state index contributed by atoms with van der Waals surface area (Å²) in [4.78, 5) is 10.9. The summed E-state index contributed by atoms with van der Waals surface area (Å²) < 4.78 is 0. The number of hydrogen-bond acceptors (Lipinski definition) is 2. The summed E-state index contributed by atoms with van der Waals surface area (Å²) >= 11 is 0. The summed E-state index contributed by atoms with van der Waals surface area (Å²) in [6.45, 7) is 0.257. The van der Waals surface area contributed by atoms with Crippen LogP contribution in [0.15, 0.2) is 78.9 Å². The molecule has 0 bridgehead atoms.